The van der Waals surface area contributed by atoms with Crippen LogP contribution in [0.2, 0.25) is 0 Å². The maximum Gasteiger partial charge on any atom is 0.270 e. The van der Waals surface area contributed by atoms with Crippen LogP contribution in [0.25, 0.3) is 0 Å². The molecule has 0 heterocycles. The monoisotopic (exact) mass is 391 g/mol. The average molecular weight is 391 g/mol. The number of anilines is 2. The Morgan fingerprint density at radius 2 is 1.83 bits per heavy atom. The zero-order chi connectivity index (χ0) is 20.8. The molecule has 0 aliphatic rings. The van der Waals surface area contributed by atoms with Gasteiger partial charge < -0.3 is 15.4 Å². The minimum atomic E-state index is -0.437. The van der Waals surface area contributed by atoms with E-state index in [1.807, 2.05) is 43.3 Å². The number of hydrogen-bond acceptors (Lipinski definition) is 5. The van der Waals surface area contributed by atoms with Crippen LogP contribution in [-0.2, 0) is 6.54 Å². The maximum absolute atomic E-state index is 12.4. The van der Waals surface area contributed by atoms with Crippen molar-refractivity contribution in [2.45, 2.75) is 13.5 Å². The standard InChI is InChI=1S/C22H21N3O4/c1-15-8-9-18(24-22(26)16-6-4-3-5-7-16)13-20(15)23-14-17-12-19(25(27)28)10-11-21(17)29-2/h3-13,23H,14H2,1-2H3,(H,24,26). The van der Waals surface area contributed by atoms with E-state index in [1.165, 1.54) is 19.2 Å². The lowest BCUT2D eigenvalue weighted by molar-refractivity contribution is -0.384. The first-order valence-electron chi connectivity index (χ1n) is 9.00. The summed E-state index contributed by atoms with van der Waals surface area (Å²) in [5.41, 5.74) is 3.68. The molecule has 7 heteroatoms. The van der Waals surface area contributed by atoms with E-state index in [0.717, 1.165) is 11.3 Å². The number of hydrogen-bond donors (Lipinski definition) is 2. The Morgan fingerprint density at radius 3 is 2.52 bits per heavy atom. The SMILES string of the molecule is COc1ccc([N+](=O)[O-])cc1CNc1cc(NC(=O)c2ccccc2)ccc1C. The number of nitrogens with one attached hydrogen (secondary N) is 2. The zero-order valence-electron chi connectivity index (χ0n) is 16.1. The molecule has 2 N–H and O–H groups in total. The topological polar surface area (TPSA) is 93.5 Å². The third-order valence-corrected chi connectivity index (χ3v) is 4.48. The quantitative estimate of drug-likeness (QED) is 0.447. The van der Waals surface area contributed by atoms with Gasteiger partial charge in [-0.2, -0.15) is 0 Å². The second-order valence-corrected chi connectivity index (χ2v) is 6.46. The number of nitro benzene ring substituents is 1. The Bertz CT molecular complexity index is 1040. The maximum atomic E-state index is 12.4. The van der Waals surface area contributed by atoms with Gasteiger partial charge >= 0.3 is 0 Å². The molecule has 0 unspecified atom stereocenters. The van der Waals surface area contributed by atoms with Gasteiger partial charge in [-0.3, -0.25) is 14.9 Å². The highest BCUT2D eigenvalue weighted by molar-refractivity contribution is 6.04. The summed E-state index contributed by atoms with van der Waals surface area (Å²) in [7, 11) is 1.52. The number of methoxy groups -OCH3 is 1. The molecule has 3 aromatic carbocycles. The molecule has 3 rings (SSSR count). The summed E-state index contributed by atoms with van der Waals surface area (Å²) in [5.74, 6) is 0.370. The predicted octanol–water partition coefficient (Wildman–Crippen LogP) is 4.78. The van der Waals surface area contributed by atoms with Gasteiger partial charge in [0.2, 0.25) is 0 Å². The Balaban J connectivity index is 1.76. The van der Waals surface area contributed by atoms with Gasteiger partial charge in [0, 0.05) is 41.2 Å². The van der Waals surface area contributed by atoms with Crippen LogP contribution in [0.3, 0.4) is 0 Å². The van der Waals surface area contributed by atoms with Crippen LogP contribution in [0.5, 0.6) is 5.75 Å². The summed E-state index contributed by atoms with van der Waals surface area (Å²) in [4.78, 5) is 23.0. The van der Waals surface area contributed by atoms with Gasteiger partial charge in [0.15, 0.2) is 0 Å². The minimum Gasteiger partial charge on any atom is -0.496 e. The molecular weight excluding hydrogens is 370 g/mol. The second kappa shape index (κ2) is 8.88. The van der Waals surface area contributed by atoms with Gasteiger partial charge in [-0.1, -0.05) is 24.3 Å². The van der Waals surface area contributed by atoms with Crippen molar-refractivity contribution in [2.24, 2.45) is 0 Å². The average Bonchev–Trinajstić information content (AvgIpc) is 2.74. The lowest BCUT2D eigenvalue weighted by atomic mass is 10.1. The Morgan fingerprint density at radius 1 is 1.07 bits per heavy atom. The lowest BCUT2D eigenvalue weighted by Gasteiger charge is -2.14. The molecule has 148 valence electrons. The van der Waals surface area contributed by atoms with Crippen LogP contribution in [0, 0.1) is 17.0 Å². The molecule has 3 aromatic rings. The summed E-state index contributed by atoms with van der Waals surface area (Å²) in [5, 5.41) is 17.2. The molecule has 0 radical (unpaired) electrons. The zero-order valence-corrected chi connectivity index (χ0v) is 16.1. The van der Waals surface area contributed by atoms with Crippen molar-refractivity contribution < 1.29 is 14.5 Å². The van der Waals surface area contributed by atoms with Crippen LogP contribution in [-0.4, -0.2) is 17.9 Å². The van der Waals surface area contributed by atoms with Gasteiger partial charge in [-0.25, -0.2) is 0 Å². The number of ether oxygens (including phenoxy) is 1. The highest BCUT2D eigenvalue weighted by Crippen LogP contribution is 2.27. The number of nitrogens with zero attached hydrogens (tertiary/aromatic N) is 1. The smallest absolute Gasteiger partial charge is 0.270 e. The predicted molar refractivity (Wildman–Crippen MR) is 113 cm³/mol. The van der Waals surface area contributed by atoms with Crippen LogP contribution < -0.4 is 15.4 Å². The van der Waals surface area contributed by atoms with E-state index >= 15 is 0 Å². The first-order chi connectivity index (χ1) is 14.0. The van der Waals surface area contributed by atoms with E-state index in [1.54, 1.807) is 18.2 Å². The summed E-state index contributed by atoms with van der Waals surface area (Å²) >= 11 is 0. The number of benzene rings is 3. The fourth-order valence-corrected chi connectivity index (χ4v) is 2.89. The molecule has 1 amide bonds. The molecular formula is C22H21N3O4. The first-order valence-corrected chi connectivity index (χ1v) is 9.00. The summed E-state index contributed by atoms with van der Waals surface area (Å²) in [6.45, 7) is 2.28. The lowest BCUT2D eigenvalue weighted by Crippen LogP contribution is -2.12. The molecule has 29 heavy (non-hydrogen) atoms. The number of amides is 1. The molecule has 0 aromatic heterocycles. The van der Waals surface area contributed by atoms with Gasteiger partial charge in [0.05, 0.1) is 12.0 Å². The number of carbonyl (C=O) groups is 1. The summed E-state index contributed by atoms with van der Waals surface area (Å²) in [6, 6.07) is 19.0. The van der Waals surface area contributed by atoms with E-state index in [4.69, 9.17) is 4.74 Å². The molecule has 0 fully saturated rings. The number of non-ortho nitro benzene ring substituents is 1. The van der Waals surface area contributed by atoms with Crippen LogP contribution >= 0.6 is 0 Å². The number of aryl methyl sites for hydroxylation is 1. The molecule has 0 spiro atoms. The summed E-state index contributed by atoms with van der Waals surface area (Å²) in [6.07, 6.45) is 0. The third kappa shape index (κ3) is 4.90. The summed E-state index contributed by atoms with van der Waals surface area (Å²) < 4.78 is 5.30. The van der Waals surface area contributed by atoms with Crippen LogP contribution in [0.4, 0.5) is 17.1 Å². The molecule has 7 nitrogen and oxygen atoms in total. The van der Waals surface area contributed by atoms with Crippen LogP contribution in [0.15, 0.2) is 66.7 Å². The Kier molecular flexibility index (Phi) is 6.09. The van der Waals surface area contributed by atoms with Crippen molar-refractivity contribution in [2.75, 3.05) is 17.7 Å². The van der Waals surface area contributed by atoms with Crippen LogP contribution in [0.1, 0.15) is 21.5 Å². The molecule has 0 atom stereocenters. The highest BCUT2D eigenvalue weighted by Gasteiger charge is 2.12. The number of rotatable bonds is 7. The molecule has 0 bridgehead atoms. The molecule has 0 saturated heterocycles. The van der Waals surface area contributed by atoms with Crippen molar-refractivity contribution in [3.05, 3.63) is 93.5 Å². The number of carbonyl (C=O) groups excluding carboxylic acids is 1. The van der Waals surface area contributed by atoms with Crippen molar-refractivity contribution >= 4 is 23.0 Å². The van der Waals surface area contributed by atoms with E-state index in [9.17, 15) is 14.9 Å². The van der Waals surface area contributed by atoms with Gasteiger partial charge in [0.25, 0.3) is 11.6 Å². The van der Waals surface area contributed by atoms with Gasteiger partial charge in [-0.15, -0.1) is 0 Å². The van der Waals surface area contributed by atoms with Crippen molar-refractivity contribution in [3.8, 4) is 5.75 Å². The molecule has 0 saturated carbocycles. The fourth-order valence-electron chi connectivity index (χ4n) is 2.89. The second-order valence-electron chi connectivity index (χ2n) is 6.46. The highest BCUT2D eigenvalue weighted by atomic mass is 16.6. The van der Waals surface area contributed by atoms with Gasteiger partial charge in [0.1, 0.15) is 5.75 Å². The minimum absolute atomic E-state index is 0.00296. The van der Waals surface area contributed by atoms with E-state index in [2.05, 4.69) is 10.6 Å². The van der Waals surface area contributed by atoms with E-state index in [-0.39, 0.29) is 11.6 Å². The largest absolute Gasteiger partial charge is 0.496 e. The fraction of sp³-hybridized carbons (Fsp3) is 0.136. The van der Waals surface area contributed by atoms with Gasteiger partial charge in [-0.05, 0) is 42.8 Å². The first kappa shape index (κ1) is 19.9. The van der Waals surface area contributed by atoms with E-state index < -0.39 is 4.92 Å². The Hall–Kier alpha value is -3.87. The van der Waals surface area contributed by atoms with E-state index in [0.29, 0.717) is 29.1 Å². The normalized spacial score (nSPS) is 10.3. The molecule has 0 aliphatic carbocycles. The Labute approximate surface area is 168 Å². The number of nitro groups is 1. The van der Waals surface area contributed by atoms with Crippen molar-refractivity contribution in [1.82, 2.24) is 0 Å². The van der Waals surface area contributed by atoms with Crippen molar-refractivity contribution in [3.63, 3.8) is 0 Å². The third-order valence-electron chi connectivity index (χ3n) is 4.48. The molecule has 0 aliphatic heterocycles. The van der Waals surface area contributed by atoms with Crippen molar-refractivity contribution in [1.29, 1.82) is 0 Å².